The highest BCUT2D eigenvalue weighted by Gasteiger charge is 2.02. The van der Waals surface area contributed by atoms with Gasteiger partial charge in [-0.1, -0.05) is 6.07 Å². The summed E-state index contributed by atoms with van der Waals surface area (Å²) in [6.45, 7) is 1.90. The number of aromatic hydroxyl groups is 1. The van der Waals surface area contributed by atoms with Crippen molar-refractivity contribution in [3.8, 4) is 5.75 Å². The SMILES string of the molecule is C[C@@H](N)c1ccc2cc(O)ccc2n1. The topological polar surface area (TPSA) is 59.1 Å². The summed E-state index contributed by atoms with van der Waals surface area (Å²) in [5, 5.41) is 10.2. The van der Waals surface area contributed by atoms with Gasteiger partial charge in [0.25, 0.3) is 0 Å². The van der Waals surface area contributed by atoms with E-state index in [0.717, 1.165) is 16.6 Å². The van der Waals surface area contributed by atoms with Gasteiger partial charge in [0.2, 0.25) is 0 Å². The van der Waals surface area contributed by atoms with Crippen LogP contribution in [-0.4, -0.2) is 10.1 Å². The van der Waals surface area contributed by atoms with Crippen molar-refractivity contribution in [2.75, 3.05) is 0 Å². The second-order valence-electron chi connectivity index (χ2n) is 3.40. The summed E-state index contributed by atoms with van der Waals surface area (Å²) in [5.74, 6) is 0.257. The first-order valence-electron chi connectivity index (χ1n) is 4.52. The zero-order valence-electron chi connectivity index (χ0n) is 7.94. The van der Waals surface area contributed by atoms with Crippen molar-refractivity contribution in [3.05, 3.63) is 36.0 Å². The number of hydrogen-bond donors (Lipinski definition) is 2. The van der Waals surface area contributed by atoms with Crippen molar-refractivity contribution in [3.63, 3.8) is 0 Å². The van der Waals surface area contributed by atoms with Gasteiger partial charge in [-0.15, -0.1) is 0 Å². The summed E-state index contributed by atoms with van der Waals surface area (Å²) in [5.41, 5.74) is 7.45. The number of aromatic nitrogens is 1. The van der Waals surface area contributed by atoms with E-state index in [2.05, 4.69) is 4.98 Å². The molecule has 14 heavy (non-hydrogen) atoms. The number of benzene rings is 1. The Morgan fingerprint density at radius 3 is 2.79 bits per heavy atom. The average molecular weight is 188 g/mol. The van der Waals surface area contributed by atoms with Crippen LogP contribution >= 0.6 is 0 Å². The van der Waals surface area contributed by atoms with Gasteiger partial charge >= 0.3 is 0 Å². The molecule has 0 radical (unpaired) electrons. The molecule has 0 fully saturated rings. The molecule has 1 atom stereocenters. The Kier molecular flexibility index (Phi) is 2.09. The van der Waals surface area contributed by atoms with Gasteiger partial charge in [-0.3, -0.25) is 4.98 Å². The second kappa shape index (κ2) is 3.27. The van der Waals surface area contributed by atoms with Crippen LogP contribution in [0.1, 0.15) is 18.7 Å². The third-order valence-corrected chi connectivity index (χ3v) is 2.16. The number of pyridine rings is 1. The quantitative estimate of drug-likeness (QED) is 0.719. The minimum atomic E-state index is -0.0618. The van der Waals surface area contributed by atoms with E-state index in [1.807, 2.05) is 19.1 Å². The second-order valence-corrected chi connectivity index (χ2v) is 3.40. The zero-order chi connectivity index (χ0) is 10.1. The smallest absolute Gasteiger partial charge is 0.116 e. The fourth-order valence-electron chi connectivity index (χ4n) is 1.38. The first-order chi connectivity index (χ1) is 6.66. The molecule has 1 aromatic carbocycles. The largest absolute Gasteiger partial charge is 0.508 e. The molecule has 1 heterocycles. The molecule has 2 rings (SSSR count). The molecule has 0 aliphatic heterocycles. The maximum atomic E-state index is 9.26. The molecular formula is C11H12N2O. The van der Waals surface area contributed by atoms with E-state index < -0.39 is 0 Å². The minimum absolute atomic E-state index is 0.0618. The van der Waals surface area contributed by atoms with Gasteiger partial charge in [0, 0.05) is 11.4 Å². The van der Waals surface area contributed by atoms with Gasteiger partial charge in [-0.25, -0.2) is 0 Å². The van der Waals surface area contributed by atoms with Crippen LogP contribution in [0, 0.1) is 0 Å². The summed E-state index contributed by atoms with van der Waals surface area (Å²) in [6.07, 6.45) is 0. The Hall–Kier alpha value is -1.61. The van der Waals surface area contributed by atoms with Crippen LogP contribution in [0.5, 0.6) is 5.75 Å². The number of rotatable bonds is 1. The fraction of sp³-hybridized carbons (Fsp3) is 0.182. The predicted octanol–water partition coefficient (Wildman–Crippen LogP) is 1.96. The molecule has 2 aromatic rings. The normalized spacial score (nSPS) is 13.0. The van der Waals surface area contributed by atoms with Gasteiger partial charge < -0.3 is 10.8 Å². The van der Waals surface area contributed by atoms with Gasteiger partial charge in [-0.05, 0) is 31.2 Å². The minimum Gasteiger partial charge on any atom is -0.508 e. The monoisotopic (exact) mass is 188 g/mol. The van der Waals surface area contributed by atoms with E-state index in [1.165, 1.54) is 0 Å². The molecule has 0 amide bonds. The van der Waals surface area contributed by atoms with Crippen LogP contribution in [0.25, 0.3) is 10.9 Å². The lowest BCUT2D eigenvalue weighted by Gasteiger charge is -2.05. The van der Waals surface area contributed by atoms with Crippen LogP contribution in [0.4, 0.5) is 0 Å². The van der Waals surface area contributed by atoms with Crippen molar-refractivity contribution in [2.24, 2.45) is 5.73 Å². The lowest BCUT2D eigenvalue weighted by Crippen LogP contribution is -2.06. The highest BCUT2D eigenvalue weighted by molar-refractivity contribution is 5.80. The molecule has 3 heteroatoms. The van der Waals surface area contributed by atoms with Gasteiger partial charge in [-0.2, -0.15) is 0 Å². The number of fused-ring (bicyclic) bond motifs is 1. The van der Waals surface area contributed by atoms with E-state index in [4.69, 9.17) is 5.73 Å². The molecule has 0 saturated heterocycles. The Morgan fingerprint density at radius 1 is 1.29 bits per heavy atom. The maximum absolute atomic E-state index is 9.26. The Balaban J connectivity index is 2.62. The Bertz CT molecular complexity index is 466. The molecule has 0 unspecified atom stereocenters. The zero-order valence-corrected chi connectivity index (χ0v) is 7.94. The number of phenols is 1. The van der Waals surface area contributed by atoms with Gasteiger partial charge in [0.05, 0.1) is 11.2 Å². The highest BCUT2D eigenvalue weighted by atomic mass is 16.3. The molecule has 0 aliphatic carbocycles. The maximum Gasteiger partial charge on any atom is 0.116 e. The summed E-state index contributed by atoms with van der Waals surface area (Å²) >= 11 is 0. The number of hydrogen-bond acceptors (Lipinski definition) is 3. The highest BCUT2D eigenvalue weighted by Crippen LogP contribution is 2.19. The number of nitrogens with two attached hydrogens (primary N) is 1. The van der Waals surface area contributed by atoms with Gasteiger partial charge in [0.15, 0.2) is 0 Å². The van der Waals surface area contributed by atoms with E-state index in [9.17, 15) is 5.11 Å². The molecule has 72 valence electrons. The van der Waals surface area contributed by atoms with Crippen molar-refractivity contribution in [1.82, 2.24) is 4.98 Å². The molecule has 0 spiro atoms. The molecule has 0 aliphatic rings. The molecular weight excluding hydrogens is 176 g/mol. The predicted molar refractivity (Wildman–Crippen MR) is 56.0 cm³/mol. The fourth-order valence-corrected chi connectivity index (χ4v) is 1.38. The first-order valence-corrected chi connectivity index (χ1v) is 4.52. The van der Waals surface area contributed by atoms with Crippen molar-refractivity contribution in [1.29, 1.82) is 0 Å². The van der Waals surface area contributed by atoms with Crippen LogP contribution in [0.2, 0.25) is 0 Å². The van der Waals surface area contributed by atoms with Crippen LogP contribution in [0.15, 0.2) is 30.3 Å². The summed E-state index contributed by atoms with van der Waals surface area (Å²) in [7, 11) is 0. The molecule has 3 N–H and O–H groups in total. The lowest BCUT2D eigenvalue weighted by atomic mass is 10.1. The third-order valence-electron chi connectivity index (χ3n) is 2.16. The average Bonchev–Trinajstić information content (AvgIpc) is 2.16. The molecule has 0 saturated carbocycles. The molecule has 3 nitrogen and oxygen atoms in total. The summed E-state index contributed by atoms with van der Waals surface area (Å²) in [6, 6.07) is 8.84. The van der Waals surface area contributed by atoms with Crippen molar-refractivity contribution in [2.45, 2.75) is 13.0 Å². The lowest BCUT2D eigenvalue weighted by molar-refractivity contribution is 0.476. The van der Waals surface area contributed by atoms with E-state index in [-0.39, 0.29) is 11.8 Å². The first kappa shape index (κ1) is 8.97. The van der Waals surface area contributed by atoms with Gasteiger partial charge in [0.1, 0.15) is 5.75 Å². The van der Waals surface area contributed by atoms with E-state index in [0.29, 0.717) is 0 Å². The Morgan fingerprint density at radius 2 is 2.07 bits per heavy atom. The number of phenolic OH excluding ortho intramolecular Hbond substituents is 1. The molecule has 1 aromatic heterocycles. The standard InChI is InChI=1S/C11H12N2O/c1-7(12)10-4-2-8-6-9(14)3-5-11(8)13-10/h2-7,14H,12H2,1H3/t7-/m1/s1. The summed E-state index contributed by atoms with van der Waals surface area (Å²) in [4.78, 5) is 4.38. The van der Waals surface area contributed by atoms with Crippen LogP contribution in [-0.2, 0) is 0 Å². The van der Waals surface area contributed by atoms with E-state index in [1.54, 1.807) is 18.2 Å². The Labute approximate surface area is 82.2 Å². The molecule has 0 bridgehead atoms. The summed E-state index contributed by atoms with van der Waals surface area (Å²) < 4.78 is 0. The van der Waals surface area contributed by atoms with E-state index >= 15 is 0 Å². The van der Waals surface area contributed by atoms with Crippen LogP contribution in [0.3, 0.4) is 0 Å². The van der Waals surface area contributed by atoms with Crippen LogP contribution < -0.4 is 5.73 Å². The van der Waals surface area contributed by atoms with Crippen molar-refractivity contribution < 1.29 is 5.11 Å². The number of nitrogens with zero attached hydrogens (tertiary/aromatic N) is 1. The third kappa shape index (κ3) is 1.54. The van der Waals surface area contributed by atoms with Crippen molar-refractivity contribution >= 4 is 10.9 Å².